The largest absolute Gasteiger partial charge is 0.369 e. The molecule has 0 unspecified atom stereocenters. The first-order valence-electron chi connectivity index (χ1n) is 12.8. The van der Waals surface area contributed by atoms with Gasteiger partial charge in [0, 0.05) is 44.6 Å². The number of nitrogens with one attached hydrogen (secondary N) is 2. The van der Waals surface area contributed by atoms with Gasteiger partial charge in [0.2, 0.25) is 10.0 Å². The zero-order valence-electron chi connectivity index (χ0n) is 22.5. The van der Waals surface area contributed by atoms with Crippen LogP contribution in [0.15, 0.2) is 59.0 Å². The number of carbonyl (C=O) groups excluding carboxylic acids is 1. The summed E-state index contributed by atoms with van der Waals surface area (Å²) in [4.78, 5) is 15.7. The fourth-order valence-electron chi connectivity index (χ4n) is 4.11. The third-order valence-corrected chi connectivity index (χ3v) is 9.69. The average Bonchev–Trinajstić information content (AvgIpc) is 2.90. The standard InChI is InChI=1S/C27H38N4O5S2/c1-5-21(2)8-6-7-19-38(35,36)24-12-9-22(10-13-24)29-27(32)25-20-23(31-17-15-28-16-18-31)11-14-26(25)30(3)37(4,33)34/h8-14,20,28H,5-7,15-19H2,1-4H3,(H,29,32). The van der Waals surface area contributed by atoms with Crippen LogP contribution in [0.4, 0.5) is 17.1 Å². The molecule has 0 aliphatic carbocycles. The lowest BCUT2D eigenvalue weighted by atomic mass is 10.1. The number of hydrogen-bond donors (Lipinski definition) is 2. The van der Waals surface area contributed by atoms with Crippen molar-refractivity contribution < 1.29 is 21.6 Å². The predicted molar refractivity (Wildman–Crippen MR) is 155 cm³/mol. The van der Waals surface area contributed by atoms with Crippen LogP contribution < -0.4 is 19.8 Å². The molecule has 3 rings (SSSR count). The highest BCUT2D eigenvalue weighted by Crippen LogP contribution is 2.29. The molecule has 9 nitrogen and oxygen atoms in total. The number of allylic oxidation sites excluding steroid dienone is 2. The zero-order chi connectivity index (χ0) is 27.9. The Kier molecular flexibility index (Phi) is 9.97. The molecule has 0 saturated carbocycles. The lowest BCUT2D eigenvalue weighted by Gasteiger charge is -2.30. The molecule has 1 fully saturated rings. The summed E-state index contributed by atoms with van der Waals surface area (Å²) in [5, 5.41) is 6.08. The summed E-state index contributed by atoms with van der Waals surface area (Å²) >= 11 is 0. The number of nitrogens with zero attached hydrogens (tertiary/aromatic N) is 2. The van der Waals surface area contributed by atoms with Crippen LogP contribution in [-0.4, -0.2) is 68.0 Å². The number of carbonyl (C=O) groups is 1. The highest BCUT2D eigenvalue weighted by Gasteiger charge is 2.23. The smallest absolute Gasteiger partial charge is 0.257 e. The van der Waals surface area contributed by atoms with Crippen LogP contribution >= 0.6 is 0 Å². The van der Waals surface area contributed by atoms with E-state index < -0.39 is 25.8 Å². The molecule has 0 atom stereocenters. The molecule has 38 heavy (non-hydrogen) atoms. The number of benzene rings is 2. The summed E-state index contributed by atoms with van der Waals surface area (Å²) in [7, 11) is -5.63. The highest BCUT2D eigenvalue weighted by molar-refractivity contribution is 7.92. The van der Waals surface area contributed by atoms with E-state index in [4.69, 9.17) is 0 Å². The van der Waals surface area contributed by atoms with Crippen molar-refractivity contribution in [2.75, 3.05) is 59.8 Å². The van der Waals surface area contributed by atoms with Crippen LogP contribution in [0.2, 0.25) is 0 Å². The van der Waals surface area contributed by atoms with Gasteiger partial charge in [-0.3, -0.25) is 9.10 Å². The number of amides is 1. The number of unbranched alkanes of at least 4 members (excludes halogenated alkanes) is 1. The van der Waals surface area contributed by atoms with Crippen molar-refractivity contribution in [1.82, 2.24) is 5.32 Å². The van der Waals surface area contributed by atoms with Gasteiger partial charge in [0.25, 0.3) is 5.91 Å². The first-order chi connectivity index (χ1) is 17.9. The summed E-state index contributed by atoms with van der Waals surface area (Å²) in [5.41, 5.74) is 2.95. The average molecular weight is 563 g/mol. The Morgan fingerprint density at radius 1 is 1.08 bits per heavy atom. The van der Waals surface area contributed by atoms with Gasteiger partial charge in [-0.1, -0.05) is 18.6 Å². The van der Waals surface area contributed by atoms with E-state index in [9.17, 15) is 21.6 Å². The van der Waals surface area contributed by atoms with Gasteiger partial charge in [-0.05, 0) is 68.7 Å². The number of sulfonamides is 1. The summed E-state index contributed by atoms with van der Waals surface area (Å²) < 4.78 is 51.0. The van der Waals surface area contributed by atoms with Crippen LogP contribution in [0, 0.1) is 0 Å². The summed E-state index contributed by atoms with van der Waals surface area (Å²) in [6, 6.07) is 11.2. The lowest BCUT2D eigenvalue weighted by molar-refractivity contribution is 0.102. The van der Waals surface area contributed by atoms with Crippen molar-refractivity contribution in [3.05, 3.63) is 59.7 Å². The van der Waals surface area contributed by atoms with Gasteiger partial charge in [0.15, 0.2) is 9.84 Å². The van der Waals surface area contributed by atoms with Gasteiger partial charge in [-0.2, -0.15) is 0 Å². The van der Waals surface area contributed by atoms with Gasteiger partial charge in [-0.15, -0.1) is 0 Å². The highest BCUT2D eigenvalue weighted by atomic mass is 32.2. The molecule has 1 heterocycles. The second-order valence-corrected chi connectivity index (χ2v) is 13.6. The van der Waals surface area contributed by atoms with Crippen LogP contribution in [0.5, 0.6) is 0 Å². The third-order valence-electron chi connectivity index (χ3n) is 6.68. The van der Waals surface area contributed by atoms with Crippen LogP contribution in [0.1, 0.15) is 43.5 Å². The zero-order valence-corrected chi connectivity index (χ0v) is 24.2. The fourth-order valence-corrected chi connectivity index (χ4v) is 5.96. The maximum atomic E-state index is 13.4. The summed E-state index contributed by atoms with van der Waals surface area (Å²) in [6.45, 7) is 7.27. The Balaban J connectivity index is 1.79. The third kappa shape index (κ3) is 7.81. The normalized spacial score (nSPS) is 14.8. The molecule has 0 bridgehead atoms. The van der Waals surface area contributed by atoms with Crippen molar-refractivity contribution in [2.45, 2.75) is 38.0 Å². The van der Waals surface area contributed by atoms with Crippen molar-refractivity contribution in [3.8, 4) is 0 Å². The summed E-state index contributed by atoms with van der Waals surface area (Å²) in [6.07, 6.45) is 5.36. The molecule has 2 aromatic rings. The van der Waals surface area contributed by atoms with Gasteiger partial charge in [0.05, 0.1) is 28.2 Å². The molecular formula is C27H38N4O5S2. The van der Waals surface area contributed by atoms with Crippen LogP contribution in [-0.2, 0) is 19.9 Å². The molecule has 2 N–H and O–H groups in total. The maximum Gasteiger partial charge on any atom is 0.257 e. The number of anilines is 3. The monoisotopic (exact) mass is 562 g/mol. The quantitative estimate of drug-likeness (QED) is 0.317. The Labute approximate surface area is 226 Å². The molecular weight excluding hydrogens is 524 g/mol. The van der Waals surface area contributed by atoms with Crippen molar-refractivity contribution in [3.63, 3.8) is 0 Å². The van der Waals surface area contributed by atoms with E-state index in [0.717, 1.165) is 48.8 Å². The van der Waals surface area contributed by atoms with Crippen molar-refractivity contribution >= 4 is 42.8 Å². The number of piperazine rings is 1. The molecule has 1 amide bonds. The Morgan fingerprint density at radius 2 is 1.74 bits per heavy atom. The molecule has 1 aliphatic rings. The van der Waals surface area contributed by atoms with Gasteiger partial charge < -0.3 is 15.5 Å². The Morgan fingerprint density at radius 3 is 2.34 bits per heavy atom. The van der Waals surface area contributed by atoms with E-state index in [-0.39, 0.29) is 21.9 Å². The molecule has 11 heteroatoms. The molecule has 1 saturated heterocycles. The van der Waals surface area contributed by atoms with Gasteiger partial charge in [0.1, 0.15) is 0 Å². The summed E-state index contributed by atoms with van der Waals surface area (Å²) in [5.74, 6) is -0.437. The molecule has 0 spiro atoms. The first-order valence-corrected chi connectivity index (χ1v) is 16.3. The van der Waals surface area contributed by atoms with Crippen LogP contribution in [0.3, 0.4) is 0 Å². The van der Waals surface area contributed by atoms with E-state index in [1.807, 2.05) is 13.0 Å². The molecule has 1 aliphatic heterocycles. The van der Waals surface area contributed by atoms with E-state index in [0.29, 0.717) is 18.5 Å². The molecule has 0 aromatic heterocycles. The van der Waals surface area contributed by atoms with Gasteiger partial charge >= 0.3 is 0 Å². The number of sulfone groups is 1. The Hall–Kier alpha value is -2.89. The minimum Gasteiger partial charge on any atom is -0.369 e. The predicted octanol–water partition coefficient (Wildman–Crippen LogP) is 3.65. The van der Waals surface area contributed by atoms with Crippen molar-refractivity contribution in [2.24, 2.45) is 0 Å². The molecule has 208 valence electrons. The number of hydrogen-bond acceptors (Lipinski definition) is 7. The number of rotatable bonds is 11. The van der Waals surface area contributed by atoms with E-state index >= 15 is 0 Å². The molecule has 0 radical (unpaired) electrons. The molecule has 2 aromatic carbocycles. The minimum atomic E-state index is -3.60. The SMILES string of the molecule is CCC(C)=CCCCS(=O)(=O)c1ccc(NC(=O)c2cc(N3CCNCC3)ccc2N(C)S(C)(=O)=O)cc1. The first kappa shape index (κ1) is 29.7. The fraction of sp³-hybridized carbons (Fsp3) is 0.444. The van der Waals surface area contributed by atoms with Crippen LogP contribution in [0.25, 0.3) is 0 Å². The second-order valence-electron chi connectivity index (χ2n) is 9.51. The van der Waals surface area contributed by atoms with E-state index in [1.165, 1.54) is 24.8 Å². The minimum absolute atomic E-state index is 0.0478. The van der Waals surface area contributed by atoms with Gasteiger partial charge in [-0.25, -0.2) is 16.8 Å². The topological polar surface area (TPSA) is 116 Å². The Bertz CT molecular complexity index is 1360. The van der Waals surface area contributed by atoms with Crippen molar-refractivity contribution in [1.29, 1.82) is 0 Å². The maximum absolute atomic E-state index is 13.4. The van der Waals surface area contributed by atoms with E-state index in [1.54, 1.807) is 24.3 Å². The van der Waals surface area contributed by atoms with E-state index in [2.05, 4.69) is 28.5 Å². The lowest BCUT2D eigenvalue weighted by Crippen LogP contribution is -2.43. The second kappa shape index (κ2) is 12.8.